The zero-order valence-corrected chi connectivity index (χ0v) is 8.14. The van der Waals surface area contributed by atoms with Crippen LogP contribution in [0.4, 0.5) is 5.82 Å². The van der Waals surface area contributed by atoms with Crippen LogP contribution < -0.4 is 5.32 Å². The van der Waals surface area contributed by atoms with Gasteiger partial charge in [0.2, 0.25) is 0 Å². The fourth-order valence-electron chi connectivity index (χ4n) is 1.90. The number of aryl methyl sites for hydroxylation is 2. The zero-order valence-electron chi connectivity index (χ0n) is 8.14. The minimum Gasteiger partial charge on any atom is -0.373 e. The molecule has 13 heavy (non-hydrogen) atoms. The summed E-state index contributed by atoms with van der Waals surface area (Å²) in [4.78, 5) is 4.58. The summed E-state index contributed by atoms with van der Waals surface area (Å²) in [5, 5.41) is 3.09. The van der Waals surface area contributed by atoms with Crippen LogP contribution in [0.5, 0.6) is 0 Å². The molecule has 0 spiro atoms. The molecule has 1 aliphatic rings. The van der Waals surface area contributed by atoms with Crippen LogP contribution in [0, 0.1) is 0 Å². The van der Waals surface area contributed by atoms with E-state index < -0.39 is 0 Å². The lowest BCUT2D eigenvalue weighted by Gasteiger charge is -2.06. The maximum Gasteiger partial charge on any atom is 0.125 e. The minimum atomic E-state index is 1.00. The standard InChI is InChI=1S/C11H16N2/c1-12-11-8-7-9-5-3-2-4-6-10(9)13-11/h7-8H,2-6H2,1H3,(H,12,13). The third-order valence-electron chi connectivity index (χ3n) is 2.68. The van der Waals surface area contributed by atoms with Crippen molar-refractivity contribution >= 4 is 5.82 Å². The number of nitrogens with zero attached hydrogens (tertiary/aromatic N) is 1. The van der Waals surface area contributed by atoms with Gasteiger partial charge >= 0.3 is 0 Å². The second-order valence-corrected chi connectivity index (χ2v) is 3.61. The molecule has 1 aromatic heterocycles. The first kappa shape index (κ1) is 8.54. The topological polar surface area (TPSA) is 24.9 Å². The molecular weight excluding hydrogens is 160 g/mol. The third-order valence-corrected chi connectivity index (χ3v) is 2.68. The third kappa shape index (κ3) is 1.82. The van der Waals surface area contributed by atoms with Crippen molar-refractivity contribution in [3.05, 3.63) is 23.4 Å². The number of hydrogen-bond donors (Lipinski definition) is 1. The molecule has 0 bridgehead atoms. The predicted molar refractivity (Wildman–Crippen MR) is 55.0 cm³/mol. The van der Waals surface area contributed by atoms with Gasteiger partial charge in [0, 0.05) is 12.7 Å². The highest BCUT2D eigenvalue weighted by atomic mass is 15.0. The fraction of sp³-hybridized carbons (Fsp3) is 0.545. The van der Waals surface area contributed by atoms with E-state index in [1.807, 2.05) is 7.05 Å². The van der Waals surface area contributed by atoms with Crippen molar-refractivity contribution < 1.29 is 0 Å². The Morgan fingerprint density at radius 2 is 2.00 bits per heavy atom. The van der Waals surface area contributed by atoms with E-state index in [2.05, 4.69) is 22.4 Å². The Morgan fingerprint density at radius 3 is 2.85 bits per heavy atom. The van der Waals surface area contributed by atoms with Gasteiger partial charge in [0.05, 0.1) is 0 Å². The molecule has 70 valence electrons. The number of fused-ring (bicyclic) bond motifs is 1. The molecule has 1 aliphatic carbocycles. The van der Waals surface area contributed by atoms with Crippen LogP contribution in [0.2, 0.25) is 0 Å². The largest absolute Gasteiger partial charge is 0.373 e. The van der Waals surface area contributed by atoms with Crippen molar-refractivity contribution in [2.75, 3.05) is 12.4 Å². The molecule has 1 aromatic rings. The van der Waals surface area contributed by atoms with Crippen LogP contribution in [0.3, 0.4) is 0 Å². The van der Waals surface area contributed by atoms with E-state index in [0.717, 1.165) is 12.2 Å². The molecule has 2 rings (SSSR count). The highest BCUT2D eigenvalue weighted by molar-refractivity contribution is 5.38. The Balaban J connectivity index is 2.32. The molecule has 0 amide bonds. The minimum absolute atomic E-state index is 1.00. The first-order valence-corrected chi connectivity index (χ1v) is 5.07. The molecule has 0 unspecified atom stereocenters. The Bertz CT molecular complexity index is 294. The number of nitrogens with one attached hydrogen (secondary N) is 1. The van der Waals surface area contributed by atoms with Crippen molar-refractivity contribution in [1.29, 1.82) is 0 Å². The second kappa shape index (κ2) is 3.77. The van der Waals surface area contributed by atoms with Crippen LogP contribution in [0.1, 0.15) is 30.5 Å². The van der Waals surface area contributed by atoms with Crippen molar-refractivity contribution in [2.45, 2.75) is 32.1 Å². The van der Waals surface area contributed by atoms with Crippen LogP contribution >= 0.6 is 0 Å². The fourth-order valence-corrected chi connectivity index (χ4v) is 1.90. The average Bonchev–Trinajstić information content (AvgIpc) is 2.41. The molecule has 0 saturated heterocycles. The Labute approximate surface area is 79.4 Å². The van der Waals surface area contributed by atoms with Gasteiger partial charge in [-0.1, -0.05) is 12.5 Å². The maximum atomic E-state index is 4.58. The molecule has 1 N–H and O–H groups in total. The molecular formula is C11H16N2. The average molecular weight is 176 g/mol. The van der Waals surface area contributed by atoms with Crippen LogP contribution in [-0.4, -0.2) is 12.0 Å². The van der Waals surface area contributed by atoms with Crippen LogP contribution in [0.15, 0.2) is 12.1 Å². The van der Waals surface area contributed by atoms with Crippen molar-refractivity contribution in [2.24, 2.45) is 0 Å². The van der Waals surface area contributed by atoms with Gasteiger partial charge in [0.15, 0.2) is 0 Å². The van der Waals surface area contributed by atoms with Gasteiger partial charge in [0.1, 0.15) is 5.82 Å². The zero-order chi connectivity index (χ0) is 9.10. The van der Waals surface area contributed by atoms with E-state index in [0.29, 0.717) is 0 Å². The molecule has 1 heterocycles. The molecule has 2 nitrogen and oxygen atoms in total. The summed E-state index contributed by atoms with van der Waals surface area (Å²) in [6, 6.07) is 4.30. The van der Waals surface area contributed by atoms with E-state index in [1.54, 1.807) is 0 Å². The molecule has 0 aromatic carbocycles. The molecule has 2 heteroatoms. The molecule has 0 saturated carbocycles. The van der Waals surface area contributed by atoms with Gasteiger partial charge in [0.25, 0.3) is 0 Å². The first-order chi connectivity index (χ1) is 6.40. The lowest BCUT2D eigenvalue weighted by atomic mass is 10.1. The van der Waals surface area contributed by atoms with Gasteiger partial charge in [-0.05, 0) is 37.3 Å². The lowest BCUT2D eigenvalue weighted by Crippen LogP contribution is -1.99. The van der Waals surface area contributed by atoms with Crippen molar-refractivity contribution in [3.8, 4) is 0 Å². The van der Waals surface area contributed by atoms with Crippen molar-refractivity contribution in [1.82, 2.24) is 4.98 Å². The molecule has 0 fully saturated rings. The van der Waals surface area contributed by atoms with Gasteiger partial charge in [-0.2, -0.15) is 0 Å². The van der Waals surface area contributed by atoms with Crippen LogP contribution in [-0.2, 0) is 12.8 Å². The maximum absolute atomic E-state index is 4.58. The van der Waals surface area contributed by atoms with Gasteiger partial charge in [-0.3, -0.25) is 0 Å². The van der Waals surface area contributed by atoms with E-state index in [-0.39, 0.29) is 0 Å². The monoisotopic (exact) mass is 176 g/mol. The lowest BCUT2D eigenvalue weighted by molar-refractivity contribution is 0.709. The number of rotatable bonds is 1. The van der Waals surface area contributed by atoms with E-state index in [4.69, 9.17) is 0 Å². The predicted octanol–water partition coefficient (Wildman–Crippen LogP) is 2.39. The molecule has 0 atom stereocenters. The molecule has 0 aliphatic heterocycles. The highest BCUT2D eigenvalue weighted by Gasteiger charge is 2.08. The number of anilines is 1. The summed E-state index contributed by atoms with van der Waals surface area (Å²) in [5.74, 6) is 1.00. The van der Waals surface area contributed by atoms with Gasteiger partial charge in [-0.25, -0.2) is 4.98 Å². The summed E-state index contributed by atoms with van der Waals surface area (Å²) in [5.41, 5.74) is 2.76. The van der Waals surface area contributed by atoms with Crippen LogP contribution in [0.25, 0.3) is 0 Å². The quantitative estimate of drug-likeness (QED) is 0.664. The molecule has 0 radical (unpaired) electrons. The number of pyridine rings is 1. The Hall–Kier alpha value is -1.05. The smallest absolute Gasteiger partial charge is 0.125 e. The second-order valence-electron chi connectivity index (χ2n) is 3.61. The summed E-state index contributed by atoms with van der Waals surface area (Å²) < 4.78 is 0. The number of hydrogen-bond acceptors (Lipinski definition) is 2. The van der Waals surface area contributed by atoms with Gasteiger partial charge in [-0.15, -0.1) is 0 Å². The van der Waals surface area contributed by atoms with Crippen molar-refractivity contribution in [3.63, 3.8) is 0 Å². The summed E-state index contributed by atoms with van der Waals surface area (Å²) >= 11 is 0. The van der Waals surface area contributed by atoms with E-state index >= 15 is 0 Å². The summed E-state index contributed by atoms with van der Waals surface area (Å²) in [6.07, 6.45) is 6.35. The van der Waals surface area contributed by atoms with E-state index in [1.165, 1.54) is 36.9 Å². The summed E-state index contributed by atoms with van der Waals surface area (Å²) in [6.45, 7) is 0. The van der Waals surface area contributed by atoms with Gasteiger partial charge < -0.3 is 5.32 Å². The number of aromatic nitrogens is 1. The van der Waals surface area contributed by atoms with E-state index in [9.17, 15) is 0 Å². The summed E-state index contributed by atoms with van der Waals surface area (Å²) in [7, 11) is 1.92. The normalized spacial score (nSPS) is 16.1. The Morgan fingerprint density at radius 1 is 1.15 bits per heavy atom. The first-order valence-electron chi connectivity index (χ1n) is 5.07. The SMILES string of the molecule is CNc1ccc2c(n1)CCCCC2. The Kier molecular flexibility index (Phi) is 2.48. The highest BCUT2D eigenvalue weighted by Crippen LogP contribution is 2.20.